The molecular formula is C11H12ClNO2S. The second-order valence-electron chi connectivity index (χ2n) is 3.96. The molecule has 16 heavy (non-hydrogen) atoms. The van der Waals surface area contributed by atoms with Crippen LogP contribution in [0.5, 0.6) is 0 Å². The van der Waals surface area contributed by atoms with Gasteiger partial charge in [0.15, 0.2) is 0 Å². The quantitative estimate of drug-likeness (QED) is 0.776. The smallest absolute Gasteiger partial charge is 0.236 e. The lowest BCUT2D eigenvalue weighted by Crippen LogP contribution is -1.95. The van der Waals surface area contributed by atoms with Crippen molar-refractivity contribution < 1.29 is 8.42 Å². The van der Waals surface area contributed by atoms with Gasteiger partial charge in [-0.05, 0) is 30.2 Å². The summed E-state index contributed by atoms with van der Waals surface area (Å²) in [5, 5.41) is 1.07. The second kappa shape index (κ2) is 3.79. The summed E-state index contributed by atoms with van der Waals surface area (Å²) >= 11 is 0. The van der Waals surface area contributed by atoms with Crippen LogP contribution in [0, 0.1) is 6.92 Å². The molecule has 0 bridgehead atoms. The lowest BCUT2D eigenvalue weighted by Gasteiger charge is -2.00. The van der Waals surface area contributed by atoms with E-state index in [9.17, 15) is 8.42 Å². The fourth-order valence-electron chi connectivity index (χ4n) is 1.93. The van der Waals surface area contributed by atoms with E-state index in [1.165, 1.54) is 0 Å². The van der Waals surface area contributed by atoms with Gasteiger partial charge in [-0.3, -0.25) is 0 Å². The Kier molecular flexibility index (Phi) is 2.72. The van der Waals surface area contributed by atoms with Crippen LogP contribution in [-0.2, 0) is 21.9 Å². The van der Waals surface area contributed by atoms with Gasteiger partial charge in [-0.15, -0.1) is 0 Å². The molecule has 0 radical (unpaired) electrons. The topological polar surface area (TPSA) is 39.1 Å². The van der Waals surface area contributed by atoms with Gasteiger partial charge >= 0.3 is 0 Å². The van der Waals surface area contributed by atoms with Crippen LogP contribution in [0.4, 0.5) is 0 Å². The summed E-state index contributed by atoms with van der Waals surface area (Å²) in [5.41, 5.74) is 2.94. The largest absolute Gasteiger partial charge is 0.350 e. The highest BCUT2D eigenvalue weighted by atomic mass is 35.7. The third kappa shape index (κ3) is 2.23. The Hall–Kier alpha value is -1.00. The monoisotopic (exact) mass is 257 g/mol. The standard InChI is InChI=1S/C11H12ClNO2S/c1-8-6-13(2)11-4-3-9(5-10(8)11)7-16(12,14)15/h3-6H,7H2,1-2H3. The zero-order valence-electron chi connectivity index (χ0n) is 9.07. The number of hydrogen-bond donors (Lipinski definition) is 0. The Morgan fingerprint density at radius 2 is 2.06 bits per heavy atom. The van der Waals surface area contributed by atoms with E-state index in [2.05, 4.69) is 0 Å². The highest BCUT2D eigenvalue weighted by Crippen LogP contribution is 2.22. The first kappa shape index (κ1) is 11.5. The van der Waals surface area contributed by atoms with E-state index in [0.29, 0.717) is 0 Å². The summed E-state index contributed by atoms with van der Waals surface area (Å²) < 4.78 is 24.0. The van der Waals surface area contributed by atoms with Crippen LogP contribution in [0.1, 0.15) is 11.1 Å². The number of nitrogens with zero attached hydrogens (tertiary/aromatic N) is 1. The Labute approximate surface area is 99.1 Å². The molecule has 1 heterocycles. The molecule has 0 saturated heterocycles. The van der Waals surface area contributed by atoms with Crippen LogP contribution in [0.2, 0.25) is 0 Å². The summed E-state index contributed by atoms with van der Waals surface area (Å²) in [6, 6.07) is 5.59. The molecule has 2 aromatic rings. The second-order valence-corrected chi connectivity index (χ2v) is 6.73. The number of rotatable bonds is 2. The van der Waals surface area contributed by atoms with Gasteiger partial charge in [0.25, 0.3) is 0 Å². The normalized spacial score (nSPS) is 12.2. The molecule has 0 aliphatic heterocycles. The molecule has 0 atom stereocenters. The minimum absolute atomic E-state index is 0.126. The minimum Gasteiger partial charge on any atom is -0.350 e. The van der Waals surface area contributed by atoms with Gasteiger partial charge in [0.05, 0.1) is 5.75 Å². The highest BCUT2D eigenvalue weighted by Gasteiger charge is 2.09. The first-order valence-electron chi connectivity index (χ1n) is 4.84. The lowest BCUT2D eigenvalue weighted by molar-refractivity contribution is 0.609. The fourth-order valence-corrected chi connectivity index (χ4v) is 2.88. The number of aryl methyl sites for hydroxylation is 2. The summed E-state index contributed by atoms with van der Waals surface area (Å²) in [6.07, 6.45) is 2.02. The lowest BCUT2D eigenvalue weighted by atomic mass is 10.1. The van der Waals surface area contributed by atoms with Crippen LogP contribution in [0.15, 0.2) is 24.4 Å². The predicted octanol–water partition coefficient (Wildman–Crippen LogP) is 2.56. The van der Waals surface area contributed by atoms with Crippen molar-refractivity contribution in [1.82, 2.24) is 4.57 Å². The third-order valence-electron chi connectivity index (χ3n) is 2.59. The fraction of sp³-hybridized carbons (Fsp3) is 0.273. The van der Waals surface area contributed by atoms with Crippen LogP contribution >= 0.6 is 10.7 Å². The van der Waals surface area contributed by atoms with Crippen molar-refractivity contribution in [1.29, 1.82) is 0 Å². The minimum atomic E-state index is -3.49. The maximum Gasteiger partial charge on any atom is 0.236 e. The van der Waals surface area contributed by atoms with Crippen molar-refractivity contribution in [3.05, 3.63) is 35.5 Å². The maximum atomic E-state index is 11.0. The molecule has 1 aromatic carbocycles. The van der Waals surface area contributed by atoms with E-state index < -0.39 is 9.05 Å². The Balaban J connectivity index is 2.56. The number of halogens is 1. The average molecular weight is 258 g/mol. The van der Waals surface area contributed by atoms with E-state index in [4.69, 9.17) is 10.7 Å². The van der Waals surface area contributed by atoms with Gasteiger partial charge in [-0.25, -0.2) is 8.42 Å². The predicted molar refractivity (Wildman–Crippen MR) is 66.1 cm³/mol. The zero-order chi connectivity index (χ0) is 11.9. The summed E-state index contributed by atoms with van der Waals surface area (Å²) in [6.45, 7) is 2.00. The van der Waals surface area contributed by atoms with Crippen molar-refractivity contribution in [2.45, 2.75) is 12.7 Å². The van der Waals surface area contributed by atoms with E-state index in [1.807, 2.05) is 36.9 Å². The molecule has 86 valence electrons. The Morgan fingerprint density at radius 1 is 1.38 bits per heavy atom. The molecule has 1 aromatic heterocycles. The molecule has 0 saturated carbocycles. The Morgan fingerprint density at radius 3 is 2.69 bits per heavy atom. The summed E-state index contributed by atoms with van der Waals surface area (Å²) in [7, 11) is 3.71. The summed E-state index contributed by atoms with van der Waals surface area (Å²) in [5.74, 6) is -0.126. The van der Waals surface area contributed by atoms with E-state index in [0.717, 1.165) is 22.0 Å². The van der Waals surface area contributed by atoms with Gasteiger partial charge in [0.1, 0.15) is 0 Å². The molecule has 0 unspecified atom stereocenters. The molecule has 0 amide bonds. The van der Waals surface area contributed by atoms with Gasteiger partial charge in [0, 0.05) is 34.8 Å². The highest BCUT2D eigenvalue weighted by molar-refractivity contribution is 8.13. The van der Waals surface area contributed by atoms with Gasteiger partial charge < -0.3 is 4.57 Å². The van der Waals surface area contributed by atoms with Crippen molar-refractivity contribution in [2.24, 2.45) is 7.05 Å². The van der Waals surface area contributed by atoms with Crippen LogP contribution in [0.25, 0.3) is 10.9 Å². The average Bonchev–Trinajstić information content (AvgIpc) is 2.40. The van der Waals surface area contributed by atoms with E-state index in [-0.39, 0.29) is 5.75 Å². The van der Waals surface area contributed by atoms with Crippen molar-refractivity contribution >= 4 is 30.6 Å². The molecule has 0 spiro atoms. The van der Waals surface area contributed by atoms with Gasteiger partial charge in [0.2, 0.25) is 9.05 Å². The van der Waals surface area contributed by atoms with Crippen molar-refractivity contribution in [3.63, 3.8) is 0 Å². The van der Waals surface area contributed by atoms with Gasteiger partial charge in [-0.2, -0.15) is 0 Å². The van der Waals surface area contributed by atoms with Gasteiger partial charge in [-0.1, -0.05) is 6.07 Å². The van der Waals surface area contributed by atoms with E-state index in [1.54, 1.807) is 6.07 Å². The molecule has 0 aliphatic rings. The Bertz CT molecular complexity index is 643. The van der Waals surface area contributed by atoms with Crippen molar-refractivity contribution in [2.75, 3.05) is 0 Å². The molecule has 5 heteroatoms. The van der Waals surface area contributed by atoms with Crippen LogP contribution in [-0.4, -0.2) is 13.0 Å². The van der Waals surface area contributed by atoms with Crippen LogP contribution in [0.3, 0.4) is 0 Å². The summed E-state index contributed by atoms with van der Waals surface area (Å²) in [4.78, 5) is 0. The number of hydrogen-bond acceptors (Lipinski definition) is 2. The molecule has 0 N–H and O–H groups in total. The maximum absolute atomic E-state index is 11.0. The third-order valence-corrected chi connectivity index (χ3v) is 3.60. The molecular weight excluding hydrogens is 246 g/mol. The molecule has 0 aliphatic carbocycles. The van der Waals surface area contributed by atoms with E-state index >= 15 is 0 Å². The first-order valence-corrected chi connectivity index (χ1v) is 7.31. The number of fused-ring (bicyclic) bond motifs is 1. The van der Waals surface area contributed by atoms with Crippen molar-refractivity contribution in [3.8, 4) is 0 Å². The number of benzene rings is 1. The molecule has 0 fully saturated rings. The number of aromatic nitrogens is 1. The zero-order valence-corrected chi connectivity index (χ0v) is 10.6. The molecule has 3 nitrogen and oxygen atoms in total. The van der Waals surface area contributed by atoms with Crippen LogP contribution < -0.4 is 0 Å². The SMILES string of the molecule is Cc1cn(C)c2ccc(CS(=O)(=O)Cl)cc12. The molecule has 2 rings (SSSR count). The first-order chi connectivity index (χ1) is 7.37.